The Hall–Kier alpha value is -0.0800. The van der Waals surface area contributed by atoms with Gasteiger partial charge in [-0.2, -0.15) is 0 Å². The average molecular weight is 228 g/mol. The van der Waals surface area contributed by atoms with Gasteiger partial charge in [-0.1, -0.05) is 52.9 Å². The monoisotopic (exact) mass is 228 g/mol. The topological polar surface area (TPSA) is 29.3 Å². The van der Waals surface area contributed by atoms with Gasteiger partial charge < -0.3 is 10.6 Å². The molecule has 0 amide bonds. The highest BCUT2D eigenvalue weighted by Gasteiger charge is 2.05. The van der Waals surface area contributed by atoms with Gasteiger partial charge in [-0.25, -0.2) is 0 Å². The summed E-state index contributed by atoms with van der Waals surface area (Å²) in [4.78, 5) is 2.52. The Kier molecular flexibility index (Phi) is 11.3. The number of rotatable bonds is 11. The maximum Gasteiger partial charge on any atom is 0.0105 e. The third-order valence-corrected chi connectivity index (χ3v) is 2.90. The van der Waals surface area contributed by atoms with E-state index >= 15 is 0 Å². The summed E-state index contributed by atoms with van der Waals surface area (Å²) >= 11 is 0. The standard InChI is InChI=1S/C14H32N2/c1-4-5-6-7-8-9-11-16(12-10-15)13-14(2)3/h14H,4-13,15H2,1-3H3. The molecule has 0 aromatic heterocycles. The van der Waals surface area contributed by atoms with Gasteiger partial charge in [-0.05, 0) is 18.9 Å². The molecule has 0 aliphatic rings. The largest absolute Gasteiger partial charge is 0.329 e. The van der Waals surface area contributed by atoms with E-state index in [1.54, 1.807) is 0 Å². The van der Waals surface area contributed by atoms with Gasteiger partial charge in [0.25, 0.3) is 0 Å². The Bertz CT molecular complexity index is 135. The Balaban J connectivity index is 3.44. The van der Waals surface area contributed by atoms with Gasteiger partial charge in [0, 0.05) is 19.6 Å². The van der Waals surface area contributed by atoms with Gasteiger partial charge in [0.2, 0.25) is 0 Å². The van der Waals surface area contributed by atoms with Crippen molar-refractivity contribution in [1.29, 1.82) is 0 Å². The van der Waals surface area contributed by atoms with Crippen molar-refractivity contribution in [3.8, 4) is 0 Å². The van der Waals surface area contributed by atoms with Crippen LogP contribution < -0.4 is 5.73 Å². The maximum absolute atomic E-state index is 5.63. The number of nitrogens with zero attached hydrogens (tertiary/aromatic N) is 1. The molecule has 2 nitrogen and oxygen atoms in total. The van der Waals surface area contributed by atoms with E-state index in [2.05, 4.69) is 25.7 Å². The minimum atomic E-state index is 0.756. The molecule has 0 saturated heterocycles. The predicted molar refractivity (Wildman–Crippen MR) is 73.7 cm³/mol. The first-order valence-electron chi connectivity index (χ1n) is 7.13. The van der Waals surface area contributed by atoms with E-state index in [-0.39, 0.29) is 0 Å². The van der Waals surface area contributed by atoms with E-state index in [0.29, 0.717) is 0 Å². The minimum absolute atomic E-state index is 0.756. The lowest BCUT2D eigenvalue weighted by atomic mass is 10.1. The van der Waals surface area contributed by atoms with Gasteiger partial charge >= 0.3 is 0 Å². The van der Waals surface area contributed by atoms with Gasteiger partial charge in [0.05, 0.1) is 0 Å². The number of unbranched alkanes of at least 4 members (excludes halogenated alkanes) is 5. The molecule has 98 valence electrons. The van der Waals surface area contributed by atoms with Crippen LogP contribution in [0.5, 0.6) is 0 Å². The van der Waals surface area contributed by atoms with Crippen LogP contribution in [0.3, 0.4) is 0 Å². The fraction of sp³-hybridized carbons (Fsp3) is 1.00. The average Bonchev–Trinajstić information content (AvgIpc) is 2.22. The summed E-state index contributed by atoms with van der Waals surface area (Å²) in [6, 6.07) is 0. The van der Waals surface area contributed by atoms with Crippen LogP contribution in [0.25, 0.3) is 0 Å². The van der Waals surface area contributed by atoms with Crippen molar-refractivity contribution in [3.63, 3.8) is 0 Å². The van der Waals surface area contributed by atoms with Crippen molar-refractivity contribution in [1.82, 2.24) is 4.90 Å². The molecule has 0 aromatic rings. The van der Waals surface area contributed by atoms with Crippen molar-refractivity contribution >= 4 is 0 Å². The molecule has 2 N–H and O–H groups in total. The molecule has 2 heteroatoms. The Morgan fingerprint density at radius 2 is 1.56 bits per heavy atom. The number of nitrogens with two attached hydrogens (primary N) is 1. The second kappa shape index (κ2) is 11.4. The summed E-state index contributed by atoms with van der Waals surface area (Å²) in [5, 5.41) is 0. The van der Waals surface area contributed by atoms with Crippen LogP contribution in [0.1, 0.15) is 59.3 Å². The van der Waals surface area contributed by atoms with Crippen LogP contribution in [-0.4, -0.2) is 31.1 Å². The van der Waals surface area contributed by atoms with E-state index < -0.39 is 0 Å². The summed E-state index contributed by atoms with van der Waals surface area (Å²) in [6.45, 7) is 11.1. The van der Waals surface area contributed by atoms with Crippen molar-refractivity contribution in [2.75, 3.05) is 26.2 Å². The molecular weight excluding hydrogens is 196 g/mol. The summed E-state index contributed by atoms with van der Waals surface area (Å²) < 4.78 is 0. The first kappa shape index (κ1) is 15.9. The second-order valence-corrected chi connectivity index (χ2v) is 5.25. The molecule has 16 heavy (non-hydrogen) atoms. The van der Waals surface area contributed by atoms with Crippen molar-refractivity contribution < 1.29 is 0 Å². The van der Waals surface area contributed by atoms with Crippen LogP contribution in [-0.2, 0) is 0 Å². The Morgan fingerprint density at radius 3 is 2.12 bits per heavy atom. The molecule has 0 aliphatic heterocycles. The lowest BCUT2D eigenvalue weighted by molar-refractivity contribution is 0.245. The molecule has 0 spiro atoms. The molecule has 0 aromatic carbocycles. The lowest BCUT2D eigenvalue weighted by Crippen LogP contribution is -2.33. The number of hydrogen-bond acceptors (Lipinski definition) is 2. The van der Waals surface area contributed by atoms with E-state index in [1.807, 2.05) is 0 Å². The first-order chi connectivity index (χ1) is 7.70. The smallest absolute Gasteiger partial charge is 0.0105 e. The first-order valence-corrected chi connectivity index (χ1v) is 7.13. The minimum Gasteiger partial charge on any atom is -0.329 e. The Morgan fingerprint density at radius 1 is 0.938 bits per heavy atom. The molecule has 0 heterocycles. The van der Waals surface area contributed by atoms with Crippen LogP contribution in [0.15, 0.2) is 0 Å². The van der Waals surface area contributed by atoms with Crippen LogP contribution in [0.4, 0.5) is 0 Å². The molecule has 0 aliphatic carbocycles. The summed E-state index contributed by atoms with van der Waals surface area (Å²) in [5.74, 6) is 0.756. The zero-order valence-electron chi connectivity index (χ0n) is 11.7. The van der Waals surface area contributed by atoms with Gasteiger partial charge in [-0.3, -0.25) is 0 Å². The lowest BCUT2D eigenvalue weighted by Gasteiger charge is -2.23. The molecule has 0 rings (SSSR count). The normalized spacial score (nSPS) is 11.6. The van der Waals surface area contributed by atoms with Gasteiger partial charge in [-0.15, -0.1) is 0 Å². The van der Waals surface area contributed by atoms with Crippen molar-refractivity contribution in [2.45, 2.75) is 59.3 Å². The fourth-order valence-corrected chi connectivity index (χ4v) is 2.11. The van der Waals surface area contributed by atoms with Crippen LogP contribution in [0.2, 0.25) is 0 Å². The molecule has 0 fully saturated rings. The van der Waals surface area contributed by atoms with Gasteiger partial charge in [0.15, 0.2) is 0 Å². The van der Waals surface area contributed by atoms with Gasteiger partial charge in [0.1, 0.15) is 0 Å². The fourth-order valence-electron chi connectivity index (χ4n) is 2.11. The maximum atomic E-state index is 5.63. The highest BCUT2D eigenvalue weighted by atomic mass is 15.1. The summed E-state index contributed by atoms with van der Waals surface area (Å²) in [6.07, 6.45) is 8.30. The third-order valence-electron chi connectivity index (χ3n) is 2.90. The van der Waals surface area contributed by atoms with Crippen molar-refractivity contribution in [2.24, 2.45) is 11.7 Å². The molecule has 0 radical (unpaired) electrons. The van der Waals surface area contributed by atoms with Crippen LogP contribution in [0, 0.1) is 5.92 Å². The van der Waals surface area contributed by atoms with E-state index in [4.69, 9.17) is 5.73 Å². The highest BCUT2D eigenvalue weighted by molar-refractivity contribution is 4.61. The molecular formula is C14H32N2. The quantitative estimate of drug-likeness (QED) is 0.550. The SMILES string of the molecule is CCCCCCCCN(CCN)CC(C)C. The molecule has 0 saturated carbocycles. The van der Waals surface area contributed by atoms with Crippen molar-refractivity contribution in [3.05, 3.63) is 0 Å². The molecule has 0 unspecified atom stereocenters. The Labute approximate surface area is 103 Å². The molecule has 0 atom stereocenters. The van der Waals surface area contributed by atoms with E-state index in [0.717, 1.165) is 19.0 Å². The summed E-state index contributed by atoms with van der Waals surface area (Å²) in [5.41, 5.74) is 5.63. The highest BCUT2D eigenvalue weighted by Crippen LogP contribution is 2.07. The third kappa shape index (κ3) is 10.4. The van der Waals surface area contributed by atoms with Crippen LogP contribution >= 0.6 is 0 Å². The zero-order chi connectivity index (χ0) is 12.2. The van der Waals surface area contributed by atoms with E-state index in [9.17, 15) is 0 Å². The molecule has 0 bridgehead atoms. The zero-order valence-corrected chi connectivity index (χ0v) is 11.7. The summed E-state index contributed by atoms with van der Waals surface area (Å²) in [7, 11) is 0. The number of hydrogen-bond donors (Lipinski definition) is 1. The predicted octanol–water partition coefficient (Wildman–Crippen LogP) is 3.26. The second-order valence-electron chi connectivity index (χ2n) is 5.25. The van der Waals surface area contributed by atoms with E-state index in [1.165, 1.54) is 51.6 Å².